The highest BCUT2D eigenvalue weighted by molar-refractivity contribution is 6.30. The molecule has 0 aliphatic carbocycles. The highest BCUT2D eigenvalue weighted by Gasteiger charge is 2.06. The first-order valence-electron chi connectivity index (χ1n) is 5.90. The molecule has 1 aromatic heterocycles. The SMILES string of the molecule is OC(COCc1ccco1)COc1ccc(Cl)cc1. The van der Waals surface area contributed by atoms with Crippen molar-refractivity contribution in [3.63, 3.8) is 0 Å². The molecule has 0 spiro atoms. The van der Waals surface area contributed by atoms with Gasteiger partial charge in [0.15, 0.2) is 0 Å². The summed E-state index contributed by atoms with van der Waals surface area (Å²) < 4.78 is 15.8. The first kappa shape index (κ1) is 13.9. The lowest BCUT2D eigenvalue weighted by molar-refractivity contribution is 0.000880. The molecule has 0 saturated carbocycles. The number of aliphatic hydroxyl groups is 1. The second kappa shape index (κ2) is 7.19. The van der Waals surface area contributed by atoms with Crippen LogP contribution in [0.25, 0.3) is 0 Å². The molecule has 4 nitrogen and oxygen atoms in total. The van der Waals surface area contributed by atoms with E-state index in [9.17, 15) is 5.11 Å². The summed E-state index contributed by atoms with van der Waals surface area (Å²) in [6, 6.07) is 10.6. The first-order chi connectivity index (χ1) is 9.24. The molecule has 1 heterocycles. The van der Waals surface area contributed by atoms with Crippen LogP contribution in [0.2, 0.25) is 5.02 Å². The number of benzene rings is 1. The Hall–Kier alpha value is -1.49. The van der Waals surface area contributed by atoms with Crippen LogP contribution in [0, 0.1) is 0 Å². The molecule has 2 rings (SSSR count). The fourth-order valence-corrected chi connectivity index (χ4v) is 1.59. The topological polar surface area (TPSA) is 51.8 Å². The fourth-order valence-electron chi connectivity index (χ4n) is 1.46. The molecule has 2 aromatic rings. The van der Waals surface area contributed by atoms with Gasteiger partial charge in [-0.15, -0.1) is 0 Å². The molecule has 0 amide bonds. The number of ether oxygens (including phenoxy) is 2. The van der Waals surface area contributed by atoms with E-state index in [4.69, 9.17) is 25.5 Å². The molecule has 5 heteroatoms. The Morgan fingerprint density at radius 1 is 1.16 bits per heavy atom. The number of hydrogen-bond acceptors (Lipinski definition) is 4. The zero-order chi connectivity index (χ0) is 13.5. The molecule has 0 aliphatic rings. The van der Waals surface area contributed by atoms with E-state index in [1.54, 1.807) is 36.6 Å². The van der Waals surface area contributed by atoms with E-state index >= 15 is 0 Å². The lowest BCUT2D eigenvalue weighted by Gasteiger charge is -2.12. The van der Waals surface area contributed by atoms with Crippen molar-refractivity contribution in [2.24, 2.45) is 0 Å². The Balaban J connectivity index is 1.64. The quantitative estimate of drug-likeness (QED) is 0.848. The Bertz CT molecular complexity index is 467. The van der Waals surface area contributed by atoms with E-state index in [-0.39, 0.29) is 13.2 Å². The summed E-state index contributed by atoms with van der Waals surface area (Å²) in [6.45, 7) is 0.694. The van der Waals surface area contributed by atoms with Gasteiger partial charge in [-0.3, -0.25) is 0 Å². The number of aliphatic hydroxyl groups excluding tert-OH is 1. The summed E-state index contributed by atoms with van der Waals surface area (Å²) in [4.78, 5) is 0. The van der Waals surface area contributed by atoms with E-state index in [2.05, 4.69) is 0 Å². The van der Waals surface area contributed by atoms with E-state index in [1.807, 2.05) is 6.07 Å². The van der Waals surface area contributed by atoms with Crippen LogP contribution in [0.15, 0.2) is 47.1 Å². The standard InChI is InChI=1S/C14H15ClO4/c15-11-3-5-13(6-4-11)19-9-12(16)8-17-10-14-2-1-7-18-14/h1-7,12,16H,8-10H2. The van der Waals surface area contributed by atoms with Crippen molar-refractivity contribution >= 4 is 11.6 Å². The molecule has 102 valence electrons. The minimum Gasteiger partial charge on any atom is -0.491 e. The average molecular weight is 283 g/mol. The van der Waals surface area contributed by atoms with Crippen molar-refractivity contribution in [2.75, 3.05) is 13.2 Å². The Labute approximate surface area is 116 Å². The predicted molar refractivity (Wildman–Crippen MR) is 71.3 cm³/mol. The minimum absolute atomic E-state index is 0.166. The summed E-state index contributed by atoms with van der Waals surface area (Å²) in [5, 5.41) is 10.3. The number of rotatable bonds is 7. The van der Waals surface area contributed by atoms with Gasteiger partial charge in [-0.05, 0) is 36.4 Å². The van der Waals surface area contributed by atoms with Gasteiger partial charge in [-0.2, -0.15) is 0 Å². The normalized spacial score (nSPS) is 12.3. The number of hydrogen-bond donors (Lipinski definition) is 1. The smallest absolute Gasteiger partial charge is 0.129 e. The Morgan fingerprint density at radius 3 is 2.63 bits per heavy atom. The van der Waals surface area contributed by atoms with Crippen LogP contribution in [-0.4, -0.2) is 24.4 Å². The predicted octanol–water partition coefficient (Wildman–Crippen LogP) is 2.89. The molecule has 0 fully saturated rings. The maximum Gasteiger partial charge on any atom is 0.129 e. The zero-order valence-corrected chi connectivity index (χ0v) is 11.0. The minimum atomic E-state index is -0.689. The van der Waals surface area contributed by atoms with Crippen LogP contribution >= 0.6 is 11.6 Å². The van der Waals surface area contributed by atoms with Crippen molar-refractivity contribution in [3.05, 3.63) is 53.4 Å². The molecule has 1 N–H and O–H groups in total. The van der Waals surface area contributed by atoms with Gasteiger partial charge in [-0.1, -0.05) is 11.6 Å². The molecule has 0 saturated heterocycles. The second-order valence-corrected chi connectivity index (χ2v) is 4.45. The summed E-state index contributed by atoms with van der Waals surface area (Å²) >= 11 is 5.76. The molecule has 1 unspecified atom stereocenters. The zero-order valence-electron chi connectivity index (χ0n) is 10.3. The third kappa shape index (κ3) is 4.95. The van der Waals surface area contributed by atoms with E-state index in [0.717, 1.165) is 5.76 Å². The summed E-state index contributed by atoms with van der Waals surface area (Å²) in [7, 11) is 0. The molecule has 0 radical (unpaired) electrons. The molecular weight excluding hydrogens is 268 g/mol. The monoisotopic (exact) mass is 282 g/mol. The van der Waals surface area contributed by atoms with Crippen LogP contribution in [-0.2, 0) is 11.3 Å². The van der Waals surface area contributed by atoms with E-state index in [1.165, 1.54) is 0 Å². The molecule has 1 atom stereocenters. The highest BCUT2D eigenvalue weighted by Crippen LogP contribution is 2.15. The fraction of sp³-hybridized carbons (Fsp3) is 0.286. The van der Waals surface area contributed by atoms with E-state index < -0.39 is 6.10 Å². The lowest BCUT2D eigenvalue weighted by atomic mass is 10.3. The third-order valence-corrected chi connectivity index (χ3v) is 2.64. The highest BCUT2D eigenvalue weighted by atomic mass is 35.5. The number of halogens is 1. The van der Waals surface area contributed by atoms with Gasteiger partial charge in [0, 0.05) is 5.02 Å². The average Bonchev–Trinajstić information content (AvgIpc) is 2.91. The molecule has 1 aromatic carbocycles. The van der Waals surface area contributed by atoms with Crippen molar-refractivity contribution in [3.8, 4) is 5.75 Å². The largest absolute Gasteiger partial charge is 0.491 e. The maximum absolute atomic E-state index is 9.69. The van der Waals surface area contributed by atoms with Gasteiger partial charge in [0.25, 0.3) is 0 Å². The summed E-state index contributed by atoms with van der Waals surface area (Å²) in [6.07, 6.45) is 0.893. The van der Waals surface area contributed by atoms with Crippen LogP contribution in [0.4, 0.5) is 0 Å². The Morgan fingerprint density at radius 2 is 1.95 bits per heavy atom. The van der Waals surface area contributed by atoms with Gasteiger partial charge in [0.1, 0.15) is 30.8 Å². The third-order valence-electron chi connectivity index (χ3n) is 2.39. The summed E-state index contributed by atoms with van der Waals surface area (Å²) in [5.41, 5.74) is 0. The van der Waals surface area contributed by atoms with Crippen LogP contribution < -0.4 is 4.74 Å². The van der Waals surface area contributed by atoms with Gasteiger partial charge in [0.2, 0.25) is 0 Å². The van der Waals surface area contributed by atoms with Gasteiger partial charge >= 0.3 is 0 Å². The molecule has 0 bridgehead atoms. The first-order valence-corrected chi connectivity index (χ1v) is 6.28. The van der Waals surface area contributed by atoms with E-state index in [0.29, 0.717) is 17.4 Å². The molecule has 19 heavy (non-hydrogen) atoms. The lowest BCUT2D eigenvalue weighted by Crippen LogP contribution is -2.23. The maximum atomic E-state index is 9.69. The van der Waals surface area contributed by atoms with Crippen molar-refractivity contribution < 1.29 is 19.0 Å². The van der Waals surface area contributed by atoms with Crippen LogP contribution in [0.3, 0.4) is 0 Å². The van der Waals surface area contributed by atoms with Gasteiger partial charge < -0.3 is 19.0 Å². The number of furan rings is 1. The summed E-state index contributed by atoms with van der Waals surface area (Å²) in [5.74, 6) is 1.39. The molecule has 0 aliphatic heterocycles. The molecular formula is C14H15ClO4. The Kier molecular flexibility index (Phi) is 5.27. The van der Waals surface area contributed by atoms with Gasteiger partial charge in [0.05, 0.1) is 12.9 Å². The van der Waals surface area contributed by atoms with Crippen LogP contribution in [0.1, 0.15) is 5.76 Å². The van der Waals surface area contributed by atoms with Crippen molar-refractivity contribution in [2.45, 2.75) is 12.7 Å². The van der Waals surface area contributed by atoms with Crippen molar-refractivity contribution in [1.82, 2.24) is 0 Å². The van der Waals surface area contributed by atoms with Crippen molar-refractivity contribution in [1.29, 1.82) is 0 Å². The van der Waals surface area contributed by atoms with Crippen LogP contribution in [0.5, 0.6) is 5.75 Å². The second-order valence-electron chi connectivity index (χ2n) is 4.01. The van der Waals surface area contributed by atoms with Gasteiger partial charge in [-0.25, -0.2) is 0 Å².